The lowest BCUT2D eigenvalue weighted by atomic mass is 9.95. The minimum absolute atomic E-state index is 0.167. The van der Waals surface area contributed by atoms with Crippen LogP contribution in [0.2, 0.25) is 5.28 Å². The van der Waals surface area contributed by atoms with E-state index in [-0.39, 0.29) is 16.5 Å². The van der Waals surface area contributed by atoms with E-state index < -0.39 is 0 Å². The first kappa shape index (κ1) is 12.0. The van der Waals surface area contributed by atoms with Gasteiger partial charge in [0.15, 0.2) is 0 Å². The monoisotopic (exact) mass is 253 g/mol. The molecule has 0 radical (unpaired) electrons. The maximum Gasteiger partial charge on any atom is 0.229 e. The van der Waals surface area contributed by atoms with Crippen molar-refractivity contribution < 1.29 is 4.39 Å². The molecule has 2 aromatic rings. The van der Waals surface area contributed by atoms with Crippen molar-refractivity contribution in [2.45, 2.75) is 26.2 Å². The summed E-state index contributed by atoms with van der Waals surface area (Å²) in [4.78, 5) is 0. The average molecular weight is 254 g/mol. The van der Waals surface area contributed by atoms with Crippen molar-refractivity contribution in [3.05, 3.63) is 41.2 Å². The van der Waals surface area contributed by atoms with Crippen molar-refractivity contribution in [2.75, 3.05) is 0 Å². The lowest BCUT2D eigenvalue weighted by Crippen LogP contribution is -2.18. The molecule has 90 valence electrons. The summed E-state index contributed by atoms with van der Waals surface area (Å²) in [5, 5.41) is 8.00. The Morgan fingerprint density at radius 2 is 1.82 bits per heavy atom. The Balaban J connectivity index is 2.68. The Bertz CT molecular complexity index is 543. The van der Waals surface area contributed by atoms with Crippen molar-refractivity contribution in [1.82, 2.24) is 14.8 Å². The van der Waals surface area contributed by atoms with E-state index in [1.165, 1.54) is 10.6 Å². The van der Waals surface area contributed by atoms with Gasteiger partial charge in [0, 0.05) is 5.41 Å². The second-order valence-corrected chi connectivity index (χ2v) is 5.17. The Kier molecular flexibility index (Phi) is 2.91. The number of hydrogen-bond acceptors (Lipinski definition) is 2. The molecule has 0 aliphatic heterocycles. The lowest BCUT2D eigenvalue weighted by Gasteiger charge is -2.19. The minimum Gasteiger partial charge on any atom is -0.266 e. The molecule has 0 saturated heterocycles. The van der Waals surface area contributed by atoms with Crippen LogP contribution in [0.25, 0.3) is 5.69 Å². The van der Waals surface area contributed by atoms with Crippen LogP contribution in [0, 0.1) is 5.82 Å². The van der Waals surface area contributed by atoms with E-state index in [0.717, 1.165) is 0 Å². The molecule has 0 unspecified atom stereocenters. The van der Waals surface area contributed by atoms with Gasteiger partial charge >= 0.3 is 0 Å². The molecule has 3 nitrogen and oxygen atoms in total. The molecule has 0 saturated carbocycles. The quantitative estimate of drug-likeness (QED) is 0.780. The molecule has 0 bridgehead atoms. The molecule has 0 spiro atoms. The van der Waals surface area contributed by atoms with Crippen LogP contribution in [0.15, 0.2) is 24.3 Å². The van der Waals surface area contributed by atoms with E-state index in [2.05, 4.69) is 10.2 Å². The molecule has 0 aliphatic carbocycles. The minimum atomic E-state index is -0.347. The zero-order valence-corrected chi connectivity index (χ0v) is 10.7. The largest absolute Gasteiger partial charge is 0.266 e. The third-order valence-corrected chi connectivity index (χ3v) is 2.63. The van der Waals surface area contributed by atoms with Crippen LogP contribution < -0.4 is 0 Å². The summed E-state index contributed by atoms with van der Waals surface area (Å²) in [7, 11) is 0. The second kappa shape index (κ2) is 4.11. The van der Waals surface area contributed by atoms with E-state index in [9.17, 15) is 4.39 Å². The summed E-state index contributed by atoms with van der Waals surface area (Å²) in [6.07, 6.45) is 0. The number of nitrogens with zero attached hydrogens (tertiary/aromatic N) is 3. The summed E-state index contributed by atoms with van der Waals surface area (Å²) in [6.45, 7) is 5.93. The predicted molar refractivity (Wildman–Crippen MR) is 65.0 cm³/mol. The number of rotatable bonds is 1. The molecular weight excluding hydrogens is 241 g/mol. The summed E-state index contributed by atoms with van der Waals surface area (Å²) in [6, 6.07) is 6.42. The Labute approximate surface area is 104 Å². The SMILES string of the molecule is CC(C)(C)c1nnc(Cl)n1-c1ccccc1F. The molecule has 0 fully saturated rings. The van der Waals surface area contributed by atoms with Gasteiger partial charge in [-0.05, 0) is 23.7 Å². The van der Waals surface area contributed by atoms with E-state index >= 15 is 0 Å². The maximum atomic E-state index is 13.8. The molecule has 0 amide bonds. The van der Waals surface area contributed by atoms with Crippen LogP contribution in [0.4, 0.5) is 4.39 Å². The van der Waals surface area contributed by atoms with Gasteiger partial charge in [-0.15, -0.1) is 10.2 Å². The number of para-hydroxylation sites is 1. The fourth-order valence-corrected chi connectivity index (χ4v) is 1.81. The zero-order chi connectivity index (χ0) is 12.6. The molecule has 2 rings (SSSR count). The molecule has 1 aromatic heterocycles. The molecule has 0 N–H and O–H groups in total. The van der Waals surface area contributed by atoms with Crippen molar-refractivity contribution in [3.8, 4) is 5.69 Å². The first-order valence-electron chi connectivity index (χ1n) is 5.27. The van der Waals surface area contributed by atoms with E-state index in [1.54, 1.807) is 18.2 Å². The summed E-state index contributed by atoms with van der Waals surface area (Å²) in [5.74, 6) is 0.285. The van der Waals surface area contributed by atoms with Crippen LogP contribution in [-0.2, 0) is 5.41 Å². The first-order valence-corrected chi connectivity index (χ1v) is 5.65. The predicted octanol–water partition coefficient (Wildman–Crippen LogP) is 3.36. The number of halogens is 2. The molecule has 0 atom stereocenters. The zero-order valence-electron chi connectivity index (χ0n) is 9.91. The first-order chi connectivity index (χ1) is 7.91. The van der Waals surface area contributed by atoms with E-state index in [0.29, 0.717) is 11.5 Å². The van der Waals surface area contributed by atoms with Crippen LogP contribution in [0.5, 0.6) is 0 Å². The van der Waals surface area contributed by atoms with Gasteiger partial charge < -0.3 is 0 Å². The topological polar surface area (TPSA) is 30.7 Å². The second-order valence-electron chi connectivity index (χ2n) is 4.83. The lowest BCUT2D eigenvalue weighted by molar-refractivity contribution is 0.527. The Morgan fingerprint density at radius 1 is 1.18 bits per heavy atom. The normalized spacial score (nSPS) is 11.8. The van der Waals surface area contributed by atoms with Gasteiger partial charge in [0.1, 0.15) is 11.6 Å². The van der Waals surface area contributed by atoms with E-state index in [4.69, 9.17) is 11.6 Å². The molecule has 1 heterocycles. The highest BCUT2D eigenvalue weighted by Gasteiger charge is 2.25. The van der Waals surface area contributed by atoms with Crippen molar-refractivity contribution in [2.24, 2.45) is 0 Å². The van der Waals surface area contributed by atoms with Gasteiger partial charge in [-0.25, -0.2) is 4.39 Å². The Hall–Kier alpha value is -1.42. The summed E-state index contributed by atoms with van der Waals surface area (Å²) >= 11 is 5.98. The molecule has 0 aliphatic rings. The average Bonchev–Trinajstić information content (AvgIpc) is 2.60. The van der Waals surface area contributed by atoms with Crippen LogP contribution in [0.3, 0.4) is 0 Å². The summed E-state index contributed by atoms with van der Waals surface area (Å²) < 4.78 is 15.3. The molecular formula is C12H13ClFN3. The van der Waals surface area contributed by atoms with Gasteiger partial charge in [-0.2, -0.15) is 0 Å². The van der Waals surface area contributed by atoms with Crippen LogP contribution in [0.1, 0.15) is 26.6 Å². The Morgan fingerprint density at radius 3 is 2.41 bits per heavy atom. The van der Waals surface area contributed by atoms with Gasteiger partial charge in [-0.1, -0.05) is 32.9 Å². The molecule has 5 heteroatoms. The highest BCUT2D eigenvalue weighted by molar-refractivity contribution is 6.28. The standard InChI is InChI=1S/C12H13ClFN3/c1-12(2,3)10-15-16-11(13)17(10)9-7-5-4-6-8(9)14/h4-7H,1-3H3. The van der Waals surface area contributed by atoms with Gasteiger partial charge in [0.2, 0.25) is 5.28 Å². The van der Waals surface area contributed by atoms with Crippen LogP contribution in [-0.4, -0.2) is 14.8 Å². The van der Waals surface area contributed by atoms with Gasteiger partial charge in [0.05, 0.1) is 5.69 Å². The van der Waals surface area contributed by atoms with Crippen LogP contribution >= 0.6 is 11.6 Å². The van der Waals surface area contributed by atoms with Crippen molar-refractivity contribution in [3.63, 3.8) is 0 Å². The van der Waals surface area contributed by atoms with Gasteiger partial charge in [-0.3, -0.25) is 4.57 Å². The maximum absolute atomic E-state index is 13.8. The van der Waals surface area contributed by atoms with E-state index in [1.807, 2.05) is 20.8 Å². The third kappa shape index (κ3) is 2.17. The molecule has 1 aromatic carbocycles. The number of hydrogen-bond donors (Lipinski definition) is 0. The molecule has 17 heavy (non-hydrogen) atoms. The third-order valence-electron chi connectivity index (χ3n) is 2.39. The number of benzene rings is 1. The fourth-order valence-electron chi connectivity index (χ4n) is 1.60. The smallest absolute Gasteiger partial charge is 0.229 e. The highest BCUT2D eigenvalue weighted by atomic mass is 35.5. The highest BCUT2D eigenvalue weighted by Crippen LogP contribution is 2.27. The fraction of sp³-hybridized carbons (Fsp3) is 0.333. The summed E-state index contributed by atoms with van der Waals surface area (Å²) in [5.41, 5.74) is 0.106. The number of aromatic nitrogens is 3. The van der Waals surface area contributed by atoms with Crippen molar-refractivity contribution in [1.29, 1.82) is 0 Å². The van der Waals surface area contributed by atoms with Gasteiger partial charge in [0.25, 0.3) is 0 Å². The van der Waals surface area contributed by atoms with Crippen molar-refractivity contribution >= 4 is 11.6 Å².